The van der Waals surface area contributed by atoms with E-state index in [0.717, 1.165) is 4.43 Å². The Morgan fingerprint density at radius 2 is 2.00 bits per heavy atom. The van der Waals surface area contributed by atoms with Crippen molar-refractivity contribution in [3.63, 3.8) is 0 Å². The summed E-state index contributed by atoms with van der Waals surface area (Å²) in [5.41, 5.74) is 0. The summed E-state index contributed by atoms with van der Waals surface area (Å²) in [5, 5.41) is 4.89. The van der Waals surface area contributed by atoms with E-state index in [-0.39, 0.29) is 4.90 Å². The lowest BCUT2D eigenvalue weighted by molar-refractivity contribution is 0.598. The minimum atomic E-state index is -3.54. The molecule has 0 bridgehead atoms. The maximum atomic E-state index is 10.8. The van der Waals surface area contributed by atoms with Crippen molar-refractivity contribution in [2.75, 3.05) is 0 Å². The van der Waals surface area contributed by atoms with Crippen molar-refractivity contribution >= 4 is 30.7 Å². The first-order valence-corrected chi connectivity index (χ1v) is 5.01. The fourth-order valence-electron chi connectivity index (χ4n) is 0.692. The van der Waals surface area contributed by atoms with E-state index in [1.807, 2.05) is 0 Å². The van der Waals surface area contributed by atoms with Crippen molar-refractivity contribution < 1.29 is 8.42 Å². The van der Waals surface area contributed by atoms with Gasteiger partial charge < -0.3 is 0 Å². The zero-order chi connectivity index (χ0) is 8.48. The molecule has 1 aromatic rings. The molecule has 56 valence electrons. The molecular weight excluding hydrogens is 177 g/mol. The van der Waals surface area contributed by atoms with Gasteiger partial charge in [-0.25, -0.2) is 13.6 Å². The highest BCUT2D eigenvalue weighted by Gasteiger charge is 2.04. The van der Waals surface area contributed by atoms with Gasteiger partial charge in [0.1, 0.15) is 0 Å². The number of sulfonamides is 1. The predicted octanol–water partition coefficient (Wildman–Crippen LogP) is -0.872. The Morgan fingerprint density at radius 3 is 2.36 bits per heavy atom. The molecule has 3 nitrogen and oxygen atoms in total. The second kappa shape index (κ2) is 2.96. The molecule has 0 unspecified atom stereocenters. The number of nitrogens with two attached hydrogens (primary N) is 1. The van der Waals surface area contributed by atoms with Crippen LogP contribution in [0.25, 0.3) is 0 Å². The van der Waals surface area contributed by atoms with Crippen LogP contribution in [0.5, 0.6) is 0 Å². The van der Waals surface area contributed by atoms with Crippen molar-refractivity contribution in [2.24, 2.45) is 5.14 Å². The fourth-order valence-corrected chi connectivity index (χ4v) is 1.67. The van der Waals surface area contributed by atoms with Crippen molar-refractivity contribution in [1.82, 2.24) is 0 Å². The van der Waals surface area contributed by atoms with Crippen molar-refractivity contribution in [3.05, 3.63) is 24.3 Å². The minimum Gasteiger partial charge on any atom is -0.225 e. The largest absolute Gasteiger partial charge is 0.237 e. The summed E-state index contributed by atoms with van der Waals surface area (Å²) in [4.78, 5) is 0.144. The summed E-state index contributed by atoms with van der Waals surface area (Å²) >= 11 is 2.40. The number of hydrogen-bond acceptors (Lipinski definition) is 2. The van der Waals surface area contributed by atoms with E-state index in [4.69, 9.17) is 5.14 Å². The van der Waals surface area contributed by atoms with E-state index in [1.54, 1.807) is 12.1 Å². The predicted molar refractivity (Wildman–Crippen MR) is 43.2 cm³/mol. The summed E-state index contributed by atoms with van der Waals surface area (Å²) in [7, 11) is -3.54. The smallest absolute Gasteiger partial charge is 0.225 e. The highest BCUT2D eigenvalue weighted by Crippen LogP contribution is 2.01. The van der Waals surface area contributed by atoms with Crippen LogP contribution < -0.4 is 9.56 Å². The van der Waals surface area contributed by atoms with Crippen LogP contribution in [-0.4, -0.2) is 24.7 Å². The van der Waals surface area contributed by atoms with E-state index >= 15 is 0 Å². The highest BCUT2D eigenvalue weighted by molar-refractivity contribution is 7.89. The topological polar surface area (TPSA) is 60.2 Å². The van der Waals surface area contributed by atoms with E-state index in [0.29, 0.717) is 0 Å². The van der Waals surface area contributed by atoms with Gasteiger partial charge in [-0.2, -0.15) is 0 Å². The van der Waals surface area contributed by atoms with Gasteiger partial charge in [0.2, 0.25) is 10.0 Å². The van der Waals surface area contributed by atoms with Crippen LogP contribution in [0.2, 0.25) is 0 Å². The third kappa shape index (κ3) is 2.31. The second-order valence-corrected chi connectivity index (χ2v) is 4.35. The number of hydrogen-bond donors (Lipinski definition) is 1. The second-order valence-electron chi connectivity index (χ2n) is 2.12. The molecule has 0 aliphatic carbocycles. The molecule has 0 saturated carbocycles. The average molecular weight is 183 g/mol. The third-order valence-corrected chi connectivity index (χ3v) is 2.46. The lowest BCUT2D eigenvalue weighted by Crippen LogP contribution is -2.14. The zero-order valence-corrected chi connectivity index (χ0v) is 7.66. The summed E-state index contributed by atoms with van der Waals surface area (Å²) in [6.07, 6.45) is 0. The Labute approximate surface area is 73.7 Å². The summed E-state index contributed by atoms with van der Waals surface area (Å²) < 4.78 is 22.3. The molecule has 0 aliphatic rings. The molecule has 2 radical (unpaired) electrons. The molecule has 0 amide bonds. The first-order chi connectivity index (χ1) is 5.00. The Balaban J connectivity index is 3.28. The first-order valence-electron chi connectivity index (χ1n) is 2.88. The molecule has 1 rings (SSSR count). The monoisotopic (exact) mass is 183 g/mol. The molecule has 5 heteroatoms. The van der Waals surface area contributed by atoms with Crippen LogP contribution >= 0.6 is 0 Å². The summed E-state index contributed by atoms with van der Waals surface area (Å²) in [5.74, 6) is 0. The van der Waals surface area contributed by atoms with Crippen molar-refractivity contribution in [1.29, 1.82) is 0 Å². The first kappa shape index (κ1) is 8.76. The Kier molecular flexibility index (Phi) is 2.35. The highest BCUT2D eigenvalue weighted by atomic mass is 32.2. The van der Waals surface area contributed by atoms with Gasteiger partial charge in [-0.15, -0.1) is 4.43 Å². The van der Waals surface area contributed by atoms with Crippen molar-refractivity contribution in [2.45, 2.75) is 4.90 Å². The lowest BCUT2D eigenvalue weighted by Gasteiger charge is -1.98. The van der Waals surface area contributed by atoms with Crippen LogP contribution in [0, 0.1) is 0 Å². The van der Waals surface area contributed by atoms with Gasteiger partial charge in [0.15, 0.2) is 16.3 Å². The van der Waals surface area contributed by atoms with Gasteiger partial charge in [-0.05, 0) is 6.07 Å². The lowest BCUT2D eigenvalue weighted by atomic mass is 10.4. The van der Waals surface area contributed by atoms with E-state index < -0.39 is 10.0 Å². The van der Waals surface area contributed by atoms with E-state index in [9.17, 15) is 8.42 Å². The van der Waals surface area contributed by atoms with Gasteiger partial charge in [0.05, 0.1) is 4.90 Å². The normalized spacial score (nSPS) is 11.4. The molecule has 11 heavy (non-hydrogen) atoms. The molecule has 0 aromatic heterocycles. The zero-order valence-electron chi connectivity index (χ0n) is 5.69. The SMILES string of the molecule is NS(=O)(=O)c1ccc[c]([Al])c1. The molecule has 0 spiro atoms. The Morgan fingerprint density at radius 1 is 1.36 bits per heavy atom. The van der Waals surface area contributed by atoms with Crippen LogP contribution in [0.4, 0.5) is 0 Å². The standard InChI is InChI=1S/C6H6NO2S.Al/c7-10(8,9)6-4-2-1-3-5-6;/h1-2,4-5H,(H2,7,8,9);. The number of benzene rings is 1. The Bertz CT molecular complexity index is 361. The molecule has 0 saturated heterocycles. The van der Waals surface area contributed by atoms with Gasteiger partial charge >= 0.3 is 0 Å². The van der Waals surface area contributed by atoms with E-state index in [1.165, 1.54) is 12.1 Å². The number of rotatable bonds is 1. The van der Waals surface area contributed by atoms with Crippen LogP contribution in [0.1, 0.15) is 0 Å². The van der Waals surface area contributed by atoms with Crippen LogP contribution in [0.3, 0.4) is 0 Å². The van der Waals surface area contributed by atoms with Gasteiger partial charge in [0, 0.05) is 0 Å². The molecule has 0 atom stereocenters. The van der Waals surface area contributed by atoms with Gasteiger partial charge in [-0.1, -0.05) is 18.2 Å². The quantitative estimate of drug-likeness (QED) is 0.575. The maximum absolute atomic E-state index is 10.8. The molecule has 0 heterocycles. The van der Waals surface area contributed by atoms with Crippen molar-refractivity contribution in [3.8, 4) is 0 Å². The molecule has 0 fully saturated rings. The fraction of sp³-hybridized carbons (Fsp3) is 0. The third-order valence-electron chi connectivity index (χ3n) is 1.19. The minimum absolute atomic E-state index is 0.144. The van der Waals surface area contributed by atoms with E-state index in [2.05, 4.69) is 16.3 Å². The maximum Gasteiger partial charge on any atom is 0.237 e. The Hall–Kier alpha value is -0.338. The molecular formula is C6H6AlNO2S. The number of primary sulfonamides is 1. The molecule has 2 N–H and O–H groups in total. The molecule has 1 aromatic carbocycles. The van der Waals surface area contributed by atoms with Gasteiger partial charge in [0.25, 0.3) is 0 Å². The summed E-state index contributed by atoms with van der Waals surface area (Å²) in [6, 6.07) is 6.38. The van der Waals surface area contributed by atoms with Crippen LogP contribution in [-0.2, 0) is 10.0 Å². The summed E-state index contributed by atoms with van der Waals surface area (Å²) in [6.45, 7) is 0. The molecule has 0 aliphatic heterocycles. The van der Waals surface area contributed by atoms with Gasteiger partial charge in [-0.3, -0.25) is 0 Å². The average Bonchev–Trinajstić information content (AvgIpc) is 1.86. The van der Waals surface area contributed by atoms with Crippen LogP contribution in [0.15, 0.2) is 29.2 Å².